The average Bonchev–Trinajstić information content (AvgIpc) is 2.73. The van der Waals surface area contributed by atoms with E-state index in [1.54, 1.807) is 12.4 Å². The molecule has 0 saturated heterocycles. The second-order valence-electron chi connectivity index (χ2n) is 4.26. The van der Waals surface area contributed by atoms with Crippen molar-refractivity contribution in [2.75, 3.05) is 18.5 Å². The van der Waals surface area contributed by atoms with E-state index >= 15 is 0 Å². The molecular weight excluding hydrogens is 238 g/mol. The fraction of sp³-hybridized carbons (Fsp3) is 0.667. The van der Waals surface area contributed by atoms with Crippen molar-refractivity contribution < 1.29 is 4.74 Å². The third-order valence-electron chi connectivity index (χ3n) is 3.02. The SMILES string of the molecule is CCOc1cncc(NCC2CCCC2Cl)n1. The van der Waals surface area contributed by atoms with Crippen LogP contribution in [0.25, 0.3) is 0 Å². The molecule has 0 aliphatic heterocycles. The van der Waals surface area contributed by atoms with Crippen molar-refractivity contribution in [3.63, 3.8) is 0 Å². The summed E-state index contributed by atoms with van der Waals surface area (Å²) in [6.45, 7) is 3.39. The van der Waals surface area contributed by atoms with Crippen LogP contribution in [0.4, 0.5) is 5.82 Å². The van der Waals surface area contributed by atoms with Crippen LogP contribution in [0.5, 0.6) is 5.88 Å². The maximum absolute atomic E-state index is 6.22. The van der Waals surface area contributed by atoms with Crippen molar-refractivity contribution in [1.29, 1.82) is 0 Å². The van der Waals surface area contributed by atoms with Crippen LogP contribution in [0.3, 0.4) is 0 Å². The fourth-order valence-corrected chi connectivity index (χ4v) is 2.48. The molecule has 1 saturated carbocycles. The molecule has 0 aromatic carbocycles. The van der Waals surface area contributed by atoms with Gasteiger partial charge in [-0.25, -0.2) is 0 Å². The van der Waals surface area contributed by atoms with Gasteiger partial charge in [0.25, 0.3) is 0 Å². The van der Waals surface area contributed by atoms with Gasteiger partial charge in [-0.1, -0.05) is 6.42 Å². The number of hydrogen-bond donors (Lipinski definition) is 1. The summed E-state index contributed by atoms with van der Waals surface area (Å²) < 4.78 is 5.30. The molecule has 1 aliphatic carbocycles. The van der Waals surface area contributed by atoms with Gasteiger partial charge in [-0.15, -0.1) is 11.6 Å². The summed E-state index contributed by atoms with van der Waals surface area (Å²) >= 11 is 6.22. The molecule has 1 fully saturated rings. The van der Waals surface area contributed by atoms with Crippen molar-refractivity contribution in [2.45, 2.75) is 31.6 Å². The topological polar surface area (TPSA) is 47.0 Å². The van der Waals surface area contributed by atoms with Crippen molar-refractivity contribution in [3.8, 4) is 5.88 Å². The molecule has 5 heteroatoms. The van der Waals surface area contributed by atoms with Crippen LogP contribution in [0.2, 0.25) is 0 Å². The van der Waals surface area contributed by atoms with Gasteiger partial charge in [-0.3, -0.25) is 4.98 Å². The van der Waals surface area contributed by atoms with E-state index in [4.69, 9.17) is 16.3 Å². The minimum atomic E-state index is 0.297. The molecule has 0 spiro atoms. The van der Waals surface area contributed by atoms with Gasteiger partial charge < -0.3 is 10.1 Å². The smallest absolute Gasteiger partial charge is 0.234 e. The lowest BCUT2D eigenvalue weighted by Gasteiger charge is -2.14. The third-order valence-corrected chi connectivity index (χ3v) is 3.59. The summed E-state index contributed by atoms with van der Waals surface area (Å²) in [6, 6.07) is 0. The van der Waals surface area contributed by atoms with E-state index in [2.05, 4.69) is 15.3 Å². The van der Waals surface area contributed by atoms with Gasteiger partial charge in [0, 0.05) is 11.9 Å². The highest BCUT2D eigenvalue weighted by atomic mass is 35.5. The van der Waals surface area contributed by atoms with Gasteiger partial charge in [0.1, 0.15) is 5.82 Å². The Morgan fingerprint density at radius 2 is 2.35 bits per heavy atom. The Balaban J connectivity index is 1.87. The summed E-state index contributed by atoms with van der Waals surface area (Å²) in [4.78, 5) is 8.39. The van der Waals surface area contributed by atoms with Gasteiger partial charge in [0.05, 0.1) is 19.0 Å². The lowest BCUT2D eigenvalue weighted by molar-refractivity contribution is 0.325. The number of ether oxygens (including phenoxy) is 1. The van der Waals surface area contributed by atoms with Gasteiger partial charge in [-0.05, 0) is 25.7 Å². The van der Waals surface area contributed by atoms with Crippen LogP contribution in [-0.2, 0) is 0 Å². The van der Waals surface area contributed by atoms with Gasteiger partial charge >= 0.3 is 0 Å². The minimum absolute atomic E-state index is 0.297. The normalized spacial score (nSPS) is 23.6. The Morgan fingerprint density at radius 1 is 1.47 bits per heavy atom. The highest BCUT2D eigenvalue weighted by molar-refractivity contribution is 6.20. The number of halogens is 1. The van der Waals surface area contributed by atoms with E-state index in [0.717, 1.165) is 18.8 Å². The minimum Gasteiger partial charge on any atom is -0.477 e. The zero-order chi connectivity index (χ0) is 12.1. The summed E-state index contributed by atoms with van der Waals surface area (Å²) in [6.07, 6.45) is 6.87. The maximum Gasteiger partial charge on any atom is 0.234 e. The average molecular weight is 256 g/mol. The molecule has 1 N–H and O–H groups in total. The number of alkyl halides is 1. The van der Waals surface area contributed by atoms with Crippen molar-refractivity contribution in [2.24, 2.45) is 5.92 Å². The van der Waals surface area contributed by atoms with Gasteiger partial charge in [0.2, 0.25) is 5.88 Å². The van der Waals surface area contributed by atoms with Crippen molar-refractivity contribution in [1.82, 2.24) is 9.97 Å². The van der Waals surface area contributed by atoms with Crippen molar-refractivity contribution >= 4 is 17.4 Å². The van der Waals surface area contributed by atoms with Crippen molar-refractivity contribution in [3.05, 3.63) is 12.4 Å². The molecule has 17 heavy (non-hydrogen) atoms. The monoisotopic (exact) mass is 255 g/mol. The molecule has 2 rings (SSSR count). The number of anilines is 1. The van der Waals surface area contributed by atoms with Crippen LogP contribution in [0.1, 0.15) is 26.2 Å². The van der Waals surface area contributed by atoms with Crippen LogP contribution in [0, 0.1) is 5.92 Å². The molecular formula is C12H18ClN3O. The first-order valence-electron chi connectivity index (χ1n) is 6.12. The lowest BCUT2D eigenvalue weighted by atomic mass is 10.1. The summed E-state index contributed by atoms with van der Waals surface area (Å²) in [5.74, 6) is 1.85. The largest absolute Gasteiger partial charge is 0.477 e. The third kappa shape index (κ3) is 3.46. The van der Waals surface area contributed by atoms with E-state index in [-0.39, 0.29) is 0 Å². The molecule has 1 heterocycles. The van der Waals surface area contributed by atoms with Crippen LogP contribution in [0.15, 0.2) is 12.4 Å². The molecule has 0 radical (unpaired) electrons. The Morgan fingerprint density at radius 3 is 3.06 bits per heavy atom. The van der Waals surface area contributed by atoms with E-state index in [9.17, 15) is 0 Å². The van der Waals surface area contributed by atoms with Crippen LogP contribution >= 0.6 is 11.6 Å². The summed E-state index contributed by atoms with van der Waals surface area (Å²) in [7, 11) is 0. The zero-order valence-electron chi connectivity index (χ0n) is 10.0. The maximum atomic E-state index is 6.22. The Labute approximate surface area is 107 Å². The second-order valence-corrected chi connectivity index (χ2v) is 4.82. The number of hydrogen-bond acceptors (Lipinski definition) is 4. The predicted octanol–water partition coefficient (Wildman–Crippen LogP) is 2.69. The summed E-state index contributed by atoms with van der Waals surface area (Å²) in [5, 5.41) is 3.57. The summed E-state index contributed by atoms with van der Waals surface area (Å²) in [5.41, 5.74) is 0. The fourth-order valence-electron chi connectivity index (χ4n) is 2.11. The van der Waals surface area contributed by atoms with Gasteiger partial charge in [-0.2, -0.15) is 4.98 Å². The molecule has 4 nitrogen and oxygen atoms in total. The first-order valence-corrected chi connectivity index (χ1v) is 6.56. The number of nitrogens with zero attached hydrogens (tertiary/aromatic N) is 2. The molecule has 0 amide bonds. The highest BCUT2D eigenvalue weighted by Crippen LogP contribution is 2.30. The van der Waals surface area contributed by atoms with Crippen LogP contribution < -0.4 is 10.1 Å². The molecule has 2 unspecified atom stereocenters. The van der Waals surface area contributed by atoms with Crippen LogP contribution in [-0.4, -0.2) is 28.5 Å². The molecule has 94 valence electrons. The molecule has 1 aliphatic rings. The van der Waals surface area contributed by atoms with E-state index < -0.39 is 0 Å². The lowest BCUT2D eigenvalue weighted by Crippen LogP contribution is -2.19. The number of aromatic nitrogens is 2. The van der Waals surface area contributed by atoms with E-state index in [1.807, 2.05) is 6.92 Å². The number of rotatable bonds is 5. The van der Waals surface area contributed by atoms with E-state index in [0.29, 0.717) is 23.8 Å². The first kappa shape index (κ1) is 12.4. The first-order chi connectivity index (χ1) is 8.29. The molecule has 0 bridgehead atoms. The van der Waals surface area contributed by atoms with Gasteiger partial charge in [0.15, 0.2) is 0 Å². The number of nitrogens with one attached hydrogen (secondary N) is 1. The highest BCUT2D eigenvalue weighted by Gasteiger charge is 2.24. The standard InChI is InChI=1S/C12H18ClN3O/c1-2-17-12-8-14-7-11(16-12)15-6-9-4-3-5-10(9)13/h7-10H,2-6H2,1H3,(H,15,16). The quantitative estimate of drug-likeness (QED) is 0.822. The Bertz CT molecular complexity index is 361. The Kier molecular flexibility index (Phi) is 4.42. The molecule has 1 aromatic heterocycles. The second kappa shape index (κ2) is 6.05. The Hall–Kier alpha value is -1.03. The van der Waals surface area contributed by atoms with E-state index in [1.165, 1.54) is 12.8 Å². The molecule has 1 aromatic rings. The molecule has 2 atom stereocenters. The predicted molar refractivity (Wildman–Crippen MR) is 68.7 cm³/mol. The zero-order valence-corrected chi connectivity index (χ0v) is 10.8.